The molecule has 0 amide bonds. The predicted octanol–water partition coefficient (Wildman–Crippen LogP) is 2.40. The summed E-state index contributed by atoms with van der Waals surface area (Å²) < 4.78 is 0. The molecule has 2 atom stereocenters. The lowest BCUT2D eigenvalue weighted by molar-refractivity contribution is 0.340. The highest BCUT2D eigenvalue weighted by Gasteiger charge is 2.36. The van der Waals surface area contributed by atoms with E-state index < -0.39 is 0 Å². The molecule has 1 aliphatic carbocycles. The van der Waals surface area contributed by atoms with Crippen molar-refractivity contribution in [3.63, 3.8) is 0 Å². The van der Waals surface area contributed by atoms with E-state index in [1.54, 1.807) is 0 Å². The number of fused-ring (bicyclic) bond motifs is 4. The fourth-order valence-electron chi connectivity index (χ4n) is 4.85. The van der Waals surface area contributed by atoms with Crippen molar-refractivity contribution in [3.05, 3.63) is 35.4 Å². The molecule has 3 N–H and O–H groups in total. The molecule has 0 spiro atoms. The van der Waals surface area contributed by atoms with Crippen molar-refractivity contribution in [3.8, 4) is 11.3 Å². The number of anilines is 2. The average Bonchev–Trinajstić information content (AvgIpc) is 2.98. The van der Waals surface area contributed by atoms with E-state index in [2.05, 4.69) is 39.5 Å². The van der Waals surface area contributed by atoms with Gasteiger partial charge < -0.3 is 16.0 Å². The van der Waals surface area contributed by atoms with Crippen LogP contribution in [-0.2, 0) is 12.8 Å². The van der Waals surface area contributed by atoms with Gasteiger partial charge >= 0.3 is 0 Å². The zero-order valence-corrected chi connectivity index (χ0v) is 14.5. The summed E-state index contributed by atoms with van der Waals surface area (Å²) in [6.07, 6.45) is 5.87. The van der Waals surface area contributed by atoms with Crippen molar-refractivity contribution < 1.29 is 0 Å². The third-order valence-electron chi connectivity index (χ3n) is 6.05. The first kappa shape index (κ1) is 15.1. The third-order valence-corrected chi connectivity index (χ3v) is 6.05. The highest BCUT2D eigenvalue weighted by atomic mass is 15.3. The Balaban J connectivity index is 1.60. The molecule has 3 aliphatic rings. The van der Waals surface area contributed by atoms with Gasteiger partial charge in [0, 0.05) is 30.3 Å². The minimum Gasteiger partial charge on any atom is -0.368 e. The first-order valence-corrected chi connectivity index (χ1v) is 9.52. The summed E-state index contributed by atoms with van der Waals surface area (Å²) in [6, 6.07) is 9.21. The van der Waals surface area contributed by atoms with Gasteiger partial charge in [-0.15, -0.1) is 0 Å². The van der Waals surface area contributed by atoms with E-state index in [1.807, 2.05) is 0 Å². The molecule has 25 heavy (non-hydrogen) atoms. The van der Waals surface area contributed by atoms with E-state index in [0.717, 1.165) is 56.3 Å². The normalized spacial score (nSPS) is 25.0. The number of aryl methyl sites for hydroxylation is 1. The second-order valence-corrected chi connectivity index (χ2v) is 7.61. The Morgan fingerprint density at radius 3 is 2.92 bits per heavy atom. The van der Waals surface area contributed by atoms with Crippen LogP contribution >= 0.6 is 0 Å². The molecule has 3 heterocycles. The molecule has 130 valence electrons. The predicted molar refractivity (Wildman–Crippen MR) is 101 cm³/mol. The number of nitrogen functional groups attached to an aromatic ring is 1. The summed E-state index contributed by atoms with van der Waals surface area (Å²) in [5, 5.41) is 3.69. The maximum absolute atomic E-state index is 6.14. The number of piperidine rings is 1. The summed E-state index contributed by atoms with van der Waals surface area (Å²) in [5.74, 6) is 2.21. The Labute approximate surface area is 148 Å². The van der Waals surface area contributed by atoms with Crippen LogP contribution in [-0.4, -0.2) is 35.6 Å². The van der Waals surface area contributed by atoms with E-state index in [-0.39, 0.29) is 0 Å². The summed E-state index contributed by atoms with van der Waals surface area (Å²) in [5.41, 5.74) is 11.1. The Hall–Kier alpha value is -2.14. The lowest BCUT2D eigenvalue weighted by Crippen LogP contribution is -2.40. The largest absolute Gasteiger partial charge is 0.368 e. The molecule has 0 radical (unpaired) electrons. The molecule has 5 nitrogen and oxygen atoms in total. The first-order chi connectivity index (χ1) is 12.3. The molecule has 5 heteroatoms. The monoisotopic (exact) mass is 335 g/mol. The first-order valence-electron chi connectivity index (χ1n) is 9.52. The van der Waals surface area contributed by atoms with Gasteiger partial charge in [-0.05, 0) is 50.1 Å². The fourth-order valence-corrected chi connectivity index (χ4v) is 4.85. The molecule has 0 bridgehead atoms. The summed E-state index contributed by atoms with van der Waals surface area (Å²) in [6.45, 7) is 3.27. The number of aromatic nitrogens is 2. The topological polar surface area (TPSA) is 67.1 Å². The van der Waals surface area contributed by atoms with Crippen LogP contribution in [0.1, 0.15) is 30.4 Å². The van der Waals surface area contributed by atoms with E-state index in [0.29, 0.717) is 12.0 Å². The summed E-state index contributed by atoms with van der Waals surface area (Å²) in [4.78, 5) is 11.8. The van der Waals surface area contributed by atoms with Gasteiger partial charge in [0.25, 0.3) is 0 Å². The fraction of sp³-hybridized carbons (Fsp3) is 0.500. The minimum atomic E-state index is 0.397. The molecule has 2 saturated heterocycles. The number of hydrogen-bond donors (Lipinski definition) is 2. The number of nitrogens with zero attached hydrogens (tertiary/aromatic N) is 3. The van der Waals surface area contributed by atoms with Gasteiger partial charge in [0.2, 0.25) is 5.95 Å². The van der Waals surface area contributed by atoms with Gasteiger partial charge in [-0.1, -0.05) is 24.3 Å². The van der Waals surface area contributed by atoms with Crippen LogP contribution in [0.2, 0.25) is 0 Å². The summed E-state index contributed by atoms with van der Waals surface area (Å²) in [7, 11) is 0. The molecule has 1 aromatic carbocycles. The van der Waals surface area contributed by atoms with Crippen molar-refractivity contribution in [1.29, 1.82) is 0 Å². The number of hydrogen-bond acceptors (Lipinski definition) is 5. The van der Waals surface area contributed by atoms with Gasteiger partial charge in [-0.25, -0.2) is 4.98 Å². The maximum atomic E-state index is 6.14. The second kappa shape index (κ2) is 5.99. The van der Waals surface area contributed by atoms with Crippen molar-refractivity contribution in [2.75, 3.05) is 30.3 Å². The quantitative estimate of drug-likeness (QED) is 0.838. The minimum absolute atomic E-state index is 0.397. The van der Waals surface area contributed by atoms with Crippen LogP contribution in [0, 0.1) is 5.92 Å². The van der Waals surface area contributed by atoms with E-state index in [1.165, 1.54) is 29.5 Å². The zero-order chi connectivity index (χ0) is 16.8. The van der Waals surface area contributed by atoms with Crippen molar-refractivity contribution in [2.24, 2.45) is 5.92 Å². The molecule has 2 fully saturated rings. The van der Waals surface area contributed by atoms with Crippen LogP contribution in [0.3, 0.4) is 0 Å². The van der Waals surface area contributed by atoms with Crippen LogP contribution in [0.15, 0.2) is 24.3 Å². The van der Waals surface area contributed by atoms with Gasteiger partial charge in [-0.3, -0.25) is 0 Å². The van der Waals surface area contributed by atoms with Crippen molar-refractivity contribution in [2.45, 2.75) is 38.1 Å². The Kier molecular flexibility index (Phi) is 3.63. The number of nitrogens with two attached hydrogens (primary N) is 1. The van der Waals surface area contributed by atoms with Gasteiger partial charge in [0.15, 0.2) is 0 Å². The van der Waals surface area contributed by atoms with Gasteiger partial charge in [0.05, 0.1) is 5.69 Å². The van der Waals surface area contributed by atoms with Crippen LogP contribution in [0.4, 0.5) is 11.8 Å². The Bertz CT molecular complexity index is 789. The average molecular weight is 335 g/mol. The molecule has 1 aromatic heterocycles. The van der Waals surface area contributed by atoms with Crippen LogP contribution in [0.5, 0.6) is 0 Å². The van der Waals surface area contributed by atoms with Crippen molar-refractivity contribution in [1.82, 2.24) is 15.3 Å². The molecular formula is C20H25N5. The summed E-state index contributed by atoms with van der Waals surface area (Å²) >= 11 is 0. The van der Waals surface area contributed by atoms with E-state index >= 15 is 0 Å². The van der Waals surface area contributed by atoms with Crippen LogP contribution in [0.25, 0.3) is 11.3 Å². The second-order valence-electron chi connectivity index (χ2n) is 7.61. The van der Waals surface area contributed by atoms with Gasteiger partial charge in [0.1, 0.15) is 5.82 Å². The molecule has 2 unspecified atom stereocenters. The molecular weight excluding hydrogens is 310 g/mol. The van der Waals surface area contributed by atoms with E-state index in [4.69, 9.17) is 10.7 Å². The van der Waals surface area contributed by atoms with Crippen molar-refractivity contribution >= 4 is 11.8 Å². The molecule has 0 saturated carbocycles. The van der Waals surface area contributed by atoms with E-state index in [9.17, 15) is 0 Å². The SMILES string of the molecule is Nc1nc2c(c(N3CC4CCCNC4C3)n1)CCCc1ccccc1-2. The van der Waals surface area contributed by atoms with Crippen LogP contribution < -0.4 is 16.0 Å². The lowest BCUT2D eigenvalue weighted by Gasteiger charge is -2.24. The maximum Gasteiger partial charge on any atom is 0.222 e. The third kappa shape index (κ3) is 2.58. The highest BCUT2D eigenvalue weighted by molar-refractivity contribution is 5.74. The number of benzene rings is 1. The Morgan fingerprint density at radius 2 is 2.00 bits per heavy atom. The molecule has 5 rings (SSSR count). The molecule has 2 aromatic rings. The standard InChI is InChI=1S/C20H25N5/c21-20-23-18-15-8-2-1-5-13(15)6-3-9-16(18)19(24-20)25-11-14-7-4-10-22-17(14)12-25/h1-2,5,8,14,17,22H,3-4,6-7,9-12H2,(H2,21,23,24). The zero-order valence-electron chi connectivity index (χ0n) is 14.5. The number of rotatable bonds is 1. The smallest absolute Gasteiger partial charge is 0.222 e. The lowest BCUT2D eigenvalue weighted by atomic mass is 9.94. The molecule has 2 aliphatic heterocycles. The Morgan fingerprint density at radius 1 is 1.08 bits per heavy atom. The highest BCUT2D eigenvalue weighted by Crippen LogP contribution is 2.38. The number of nitrogens with one attached hydrogen (secondary N) is 1. The van der Waals surface area contributed by atoms with Gasteiger partial charge in [-0.2, -0.15) is 4.98 Å².